The van der Waals surface area contributed by atoms with Gasteiger partial charge in [0.2, 0.25) is 0 Å². The summed E-state index contributed by atoms with van der Waals surface area (Å²) < 4.78 is 31.8. The van der Waals surface area contributed by atoms with Crippen LogP contribution >= 0.6 is 11.6 Å². The fourth-order valence-corrected chi connectivity index (χ4v) is 6.35. The Morgan fingerprint density at radius 3 is 2.72 bits per heavy atom. The van der Waals surface area contributed by atoms with Gasteiger partial charge < -0.3 is 34.8 Å². The summed E-state index contributed by atoms with van der Waals surface area (Å²) in [4.78, 5) is 12.7. The number of aliphatic hydroxyl groups excluding tert-OH is 1. The van der Waals surface area contributed by atoms with Crippen molar-refractivity contribution in [1.82, 2.24) is 5.32 Å². The second-order valence-electron chi connectivity index (χ2n) is 13.5. The summed E-state index contributed by atoms with van der Waals surface area (Å²) in [6.07, 6.45) is 8.80. The number of hydrogen-bond donors (Lipinski definition) is 4. The second kappa shape index (κ2) is 16.8. The summed E-state index contributed by atoms with van der Waals surface area (Å²) in [6.45, 7) is 11.6. The van der Waals surface area contributed by atoms with Crippen molar-refractivity contribution < 1.29 is 38.7 Å². The van der Waals surface area contributed by atoms with Crippen molar-refractivity contribution in [1.29, 1.82) is 0 Å². The number of cyclic esters (lactones) is 1. The lowest BCUT2D eigenvalue weighted by Gasteiger charge is -2.31. The van der Waals surface area contributed by atoms with Gasteiger partial charge in [-0.15, -0.1) is 0 Å². The Morgan fingerprint density at radius 2 is 2.07 bits per heavy atom. The van der Waals surface area contributed by atoms with Crippen LogP contribution in [0.1, 0.15) is 79.2 Å². The van der Waals surface area contributed by atoms with Gasteiger partial charge in [0.05, 0.1) is 47.0 Å². The first-order valence-electron chi connectivity index (χ1n) is 16.3. The Balaban J connectivity index is 1.83. The number of esters is 1. The van der Waals surface area contributed by atoms with E-state index in [4.69, 9.17) is 25.8 Å². The zero-order chi connectivity index (χ0) is 34.2. The molecule has 0 aromatic heterocycles. The number of carbonyl (C=O) groups is 1. The van der Waals surface area contributed by atoms with Gasteiger partial charge in [-0.3, -0.25) is 4.79 Å². The molecule has 2 aliphatic heterocycles. The topological polar surface area (TPSA) is 121 Å². The number of allylic oxidation sites excluding steroid dienone is 2. The lowest BCUT2D eigenvalue weighted by atomic mass is 9.87. The SMILES string of the molecule is CC[C@H](OC)[C@@H](C)C1OC1C(NCc1ccc(Cl)c(F)c1)C(C)(O)/C=C/C=C(\C)[C@H]1OC(=O)CC(O)CCC(C)(O)C/C=C/C1C. The van der Waals surface area contributed by atoms with Crippen molar-refractivity contribution in [2.24, 2.45) is 11.8 Å². The molecule has 258 valence electrons. The molecule has 7 unspecified atom stereocenters. The van der Waals surface area contributed by atoms with E-state index in [2.05, 4.69) is 19.2 Å². The number of methoxy groups -OCH3 is 1. The smallest absolute Gasteiger partial charge is 0.309 e. The minimum absolute atomic E-state index is 0.00372. The molecule has 10 heteroatoms. The van der Waals surface area contributed by atoms with Crippen LogP contribution in [-0.2, 0) is 25.5 Å². The molecule has 0 amide bonds. The van der Waals surface area contributed by atoms with Gasteiger partial charge in [-0.1, -0.05) is 68.8 Å². The number of aliphatic hydroxyl groups is 3. The van der Waals surface area contributed by atoms with Gasteiger partial charge in [-0.05, 0) is 69.7 Å². The molecule has 8 nitrogen and oxygen atoms in total. The molecular formula is C36H53ClFNO7. The lowest BCUT2D eigenvalue weighted by Crippen LogP contribution is -2.52. The molecule has 4 N–H and O–H groups in total. The van der Waals surface area contributed by atoms with Crippen LogP contribution in [-0.4, -0.2) is 76.2 Å². The van der Waals surface area contributed by atoms with E-state index in [-0.39, 0.29) is 48.1 Å². The van der Waals surface area contributed by atoms with Crippen LogP contribution in [0.4, 0.5) is 4.39 Å². The van der Waals surface area contributed by atoms with E-state index in [1.807, 2.05) is 26.0 Å². The average molecular weight is 666 g/mol. The largest absolute Gasteiger partial charge is 0.457 e. The second-order valence-corrected chi connectivity index (χ2v) is 13.9. The van der Waals surface area contributed by atoms with Crippen LogP contribution in [0.15, 0.2) is 54.2 Å². The van der Waals surface area contributed by atoms with Crippen LogP contribution < -0.4 is 5.32 Å². The van der Waals surface area contributed by atoms with E-state index >= 15 is 0 Å². The number of hydrogen-bond acceptors (Lipinski definition) is 8. The fraction of sp³-hybridized carbons (Fsp3) is 0.639. The summed E-state index contributed by atoms with van der Waals surface area (Å²) >= 11 is 5.87. The first-order valence-corrected chi connectivity index (χ1v) is 16.7. The Bertz CT molecular complexity index is 1240. The van der Waals surface area contributed by atoms with Gasteiger partial charge in [0, 0.05) is 25.5 Å². The highest BCUT2D eigenvalue weighted by Gasteiger charge is 2.54. The molecule has 1 aromatic carbocycles. The molecule has 0 radical (unpaired) electrons. The monoisotopic (exact) mass is 665 g/mol. The van der Waals surface area contributed by atoms with E-state index in [1.54, 1.807) is 45.3 Å². The standard InChI is InChI=1S/C36H53ClFNO7/c1-8-29(44-7)24(4)32-33(46-32)34(39-21-25-13-14-27(37)28(38)19-25)36(6,43)17-10-12-23(3)31-22(2)11-9-16-35(5,42)18-15-26(40)20-30(41)45-31/h9-14,17,19,22,24,26,29,31-34,39-40,42-43H,8,15-16,18,20-21H2,1-7H3/b11-9+,17-10+,23-12+/t22?,24-,26?,29+,31+,32?,33?,34?,35?,36?/m1/s1. The van der Waals surface area contributed by atoms with Crippen molar-refractivity contribution in [2.45, 2.75) is 128 Å². The average Bonchev–Trinajstić information content (AvgIpc) is 3.77. The van der Waals surface area contributed by atoms with Crippen LogP contribution in [0.5, 0.6) is 0 Å². The normalized spacial score (nSPS) is 32.0. The maximum atomic E-state index is 14.1. The Kier molecular flexibility index (Phi) is 14.0. The molecule has 0 bridgehead atoms. The zero-order valence-corrected chi connectivity index (χ0v) is 29.0. The molecule has 0 saturated carbocycles. The molecule has 1 fully saturated rings. The molecule has 0 spiro atoms. The maximum Gasteiger partial charge on any atom is 0.309 e. The Hall–Kier alpha value is -2.11. The molecule has 46 heavy (non-hydrogen) atoms. The summed E-state index contributed by atoms with van der Waals surface area (Å²) in [5.41, 5.74) is -0.948. The van der Waals surface area contributed by atoms with Gasteiger partial charge in [-0.25, -0.2) is 4.39 Å². The predicted octanol–water partition coefficient (Wildman–Crippen LogP) is 5.81. The third kappa shape index (κ3) is 11.0. The number of benzene rings is 1. The highest BCUT2D eigenvalue weighted by molar-refractivity contribution is 6.30. The number of rotatable bonds is 12. The van der Waals surface area contributed by atoms with Gasteiger partial charge in [0.15, 0.2) is 0 Å². The zero-order valence-electron chi connectivity index (χ0n) is 28.2. The van der Waals surface area contributed by atoms with Crippen LogP contribution in [0.25, 0.3) is 0 Å². The summed E-state index contributed by atoms with van der Waals surface area (Å²) in [5, 5.41) is 36.2. The van der Waals surface area contributed by atoms with Gasteiger partial charge >= 0.3 is 5.97 Å². The van der Waals surface area contributed by atoms with E-state index in [1.165, 1.54) is 12.1 Å². The Labute approximate surface area is 278 Å². The van der Waals surface area contributed by atoms with Gasteiger partial charge in [0.25, 0.3) is 0 Å². The van der Waals surface area contributed by atoms with Crippen molar-refractivity contribution >= 4 is 17.6 Å². The number of carbonyl (C=O) groups excluding carboxylic acids is 1. The summed E-state index contributed by atoms with van der Waals surface area (Å²) in [6, 6.07) is 4.06. The number of halogens is 2. The molecule has 2 aliphatic rings. The highest BCUT2D eigenvalue weighted by Crippen LogP contribution is 2.39. The predicted molar refractivity (Wildman–Crippen MR) is 178 cm³/mol. The highest BCUT2D eigenvalue weighted by atomic mass is 35.5. The van der Waals surface area contributed by atoms with E-state index in [0.717, 1.165) is 12.0 Å². The molecule has 3 rings (SSSR count). The van der Waals surface area contributed by atoms with Gasteiger partial charge in [-0.2, -0.15) is 0 Å². The first-order chi connectivity index (χ1) is 21.6. The van der Waals surface area contributed by atoms with Crippen molar-refractivity contribution in [3.05, 3.63) is 70.6 Å². The minimum atomic E-state index is -1.39. The van der Waals surface area contributed by atoms with Crippen LogP contribution in [0.2, 0.25) is 5.02 Å². The number of epoxide rings is 1. The van der Waals surface area contributed by atoms with E-state index in [0.29, 0.717) is 24.8 Å². The minimum Gasteiger partial charge on any atom is -0.457 e. The molecule has 1 aromatic rings. The van der Waals surface area contributed by atoms with E-state index < -0.39 is 41.2 Å². The summed E-state index contributed by atoms with van der Waals surface area (Å²) in [5.74, 6) is -1.14. The molecule has 1 saturated heterocycles. The first kappa shape index (κ1) is 38.3. The quantitative estimate of drug-likeness (QED) is 0.0956. The molecule has 10 atom stereocenters. The van der Waals surface area contributed by atoms with Crippen molar-refractivity contribution in [2.75, 3.05) is 7.11 Å². The Morgan fingerprint density at radius 1 is 1.35 bits per heavy atom. The van der Waals surface area contributed by atoms with Crippen molar-refractivity contribution in [3.8, 4) is 0 Å². The fourth-order valence-electron chi connectivity index (χ4n) is 6.23. The van der Waals surface area contributed by atoms with Crippen LogP contribution in [0.3, 0.4) is 0 Å². The lowest BCUT2D eigenvalue weighted by molar-refractivity contribution is -0.151. The maximum absolute atomic E-state index is 14.1. The van der Waals surface area contributed by atoms with Crippen molar-refractivity contribution in [3.63, 3.8) is 0 Å². The number of ether oxygens (including phenoxy) is 3. The molecule has 2 heterocycles. The molecule has 0 aliphatic carbocycles. The van der Waals surface area contributed by atoms with Crippen LogP contribution in [0, 0.1) is 17.7 Å². The van der Waals surface area contributed by atoms with Gasteiger partial charge in [0.1, 0.15) is 18.0 Å². The van der Waals surface area contributed by atoms with E-state index in [9.17, 15) is 24.5 Å². The third-order valence-electron chi connectivity index (χ3n) is 9.23. The number of nitrogens with one attached hydrogen (secondary N) is 1. The summed E-state index contributed by atoms with van der Waals surface area (Å²) in [7, 11) is 1.68. The molecular weight excluding hydrogens is 613 g/mol. The third-order valence-corrected chi connectivity index (χ3v) is 9.54.